The van der Waals surface area contributed by atoms with Crippen molar-refractivity contribution in [3.8, 4) is 0 Å². The number of carbonyl (C=O) groups excluding carboxylic acids is 1. The van der Waals surface area contributed by atoms with Crippen LogP contribution in [0.3, 0.4) is 0 Å². The van der Waals surface area contributed by atoms with E-state index in [-0.39, 0.29) is 17.6 Å². The van der Waals surface area contributed by atoms with Crippen molar-refractivity contribution in [3.63, 3.8) is 0 Å². The Bertz CT molecular complexity index is 153. The van der Waals surface area contributed by atoms with Crippen LogP contribution in [0.25, 0.3) is 0 Å². The number of Topliss-reactive ketones (excluding diaryl/α,β-unsaturated/α-hetero) is 1. The van der Waals surface area contributed by atoms with Crippen molar-refractivity contribution in [3.05, 3.63) is 0 Å². The number of halogens is 1. The fourth-order valence-corrected chi connectivity index (χ4v) is 2.05. The van der Waals surface area contributed by atoms with Crippen LogP contribution in [0.4, 0.5) is 0 Å². The Balaban J connectivity index is 2.30. The highest BCUT2D eigenvalue weighted by Crippen LogP contribution is 2.28. The Morgan fingerprint density at radius 3 is 2.33 bits per heavy atom. The van der Waals surface area contributed by atoms with Gasteiger partial charge < -0.3 is 5.73 Å². The van der Waals surface area contributed by atoms with Crippen LogP contribution in [0, 0.1) is 11.8 Å². The van der Waals surface area contributed by atoms with Gasteiger partial charge in [0.25, 0.3) is 0 Å². The van der Waals surface area contributed by atoms with Gasteiger partial charge in [-0.05, 0) is 38.1 Å². The SMILES string of the molecule is NCC1CCC(C(=O)CCl)CC1. The number of carbonyl (C=O) groups is 1. The summed E-state index contributed by atoms with van der Waals surface area (Å²) in [5.41, 5.74) is 5.55. The molecule has 1 aliphatic carbocycles. The van der Waals surface area contributed by atoms with Crippen molar-refractivity contribution in [2.24, 2.45) is 17.6 Å². The van der Waals surface area contributed by atoms with E-state index in [2.05, 4.69) is 0 Å². The number of hydrogen-bond acceptors (Lipinski definition) is 2. The van der Waals surface area contributed by atoms with Gasteiger partial charge >= 0.3 is 0 Å². The zero-order valence-corrected chi connectivity index (χ0v) is 8.02. The maximum absolute atomic E-state index is 11.2. The van der Waals surface area contributed by atoms with Crippen LogP contribution in [0.2, 0.25) is 0 Å². The average molecular weight is 190 g/mol. The van der Waals surface area contributed by atoms with E-state index in [1.165, 1.54) is 0 Å². The molecule has 1 fully saturated rings. The molecule has 0 radical (unpaired) electrons. The molecule has 70 valence electrons. The third-order valence-electron chi connectivity index (χ3n) is 2.77. The molecule has 0 atom stereocenters. The molecule has 0 aliphatic heterocycles. The summed E-state index contributed by atoms with van der Waals surface area (Å²) in [4.78, 5) is 11.2. The second kappa shape index (κ2) is 4.83. The number of hydrogen-bond donors (Lipinski definition) is 1. The minimum atomic E-state index is 0.179. The van der Waals surface area contributed by atoms with E-state index in [4.69, 9.17) is 17.3 Å². The Morgan fingerprint density at radius 1 is 1.33 bits per heavy atom. The Hall–Kier alpha value is -0.0800. The molecule has 2 nitrogen and oxygen atoms in total. The maximum Gasteiger partial charge on any atom is 0.150 e. The molecule has 0 amide bonds. The lowest BCUT2D eigenvalue weighted by atomic mass is 9.80. The van der Waals surface area contributed by atoms with Gasteiger partial charge in [0.05, 0.1) is 5.88 Å². The number of alkyl halides is 1. The molecule has 1 saturated carbocycles. The van der Waals surface area contributed by atoms with Crippen LogP contribution < -0.4 is 5.73 Å². The first-order valence-corrected chi connectivity index (χ1v) is 5.10. The predicted molar refractivity (Wildman–Crippen MR) is 50.2 cm³/mol. The van der Waals surface area contributed by atoms with E-state index in [1.54, 1.807) is 0 Å². The summed E-state index contributed by atoms with van der Waals surface area (Å²) in [6.07, 6.45) is 4.19. The Kier molecular flexibility index (Phi) is 4.02. The largest absolute Gasteiger partial charge is 0.330 e. The summed E-state index contributed by atoms with van der Waals surface area (Å²) in [6, 6.07) is 0. The minimum absolute atomic E-state index is 0.179. The van der Waals surface area contributed by atoms with Crippen molar-refractivity contribution in [1.82, 2.24) is 0 Å². The molecular formula is C9H16ClNO. The zero-order valence-electron chi connectivity index (χ0n) is 7.26. The maximum atomic E-state index is 11.2. The van der Waals surface area contributed by atoms with Gasteiger partial charge in [-0.25, -0.2) is 0 Å². The number of rotatable bonds is 3. The molecule has 0 spiro atoms. The quantitative estimate of drug-likeness (QED) is 0.685. The average Bonchev–Trinajstić information content (AvgIpc) is 2.17. The van der Waals surface area contributed by atoms with Gasteiger partial charge in [-0.1, -0.05) is 0 Å². The van der Waals surface area contributed by atoms with E-state index in [0.29, 0.717) is 5.92 Å². The summed E-state index contributed by atoms with van der Waals surface area (Å²) < 4.78 is 0. The third-order valence-corrected chi connectivity index (χ3v) is 3.03. The molecule has 1 aliphatic rings. The van der Waals surface area contributed by atoms with E-state index in [0.717, 1.165) is 32.2 Å². The second-order valence-corrected chi connectivity index (χ2v) is 3.82. The highest BCUT2D eigenvalue weighted by atomic mass is 35.5. The van der Waals surface area contributed by atoms with Gasteiger partial charge in [-0.3, -0.25) is 4.79 Å². The predicted octanol–water partition coefficient (Wildman–Crippen LogP) is 1.56. The van der Waals surface area contributed by atoms with Gasteiger partial charge in [0.15, 0.2) is 5.78 Å². The van der Waals surface area contributed by atoms with Gasteiger partial charge in [-0.15, -0.1) is 11.6 Å². The van der Waals surface area contributed by atoms with E-state index in [1.807, 2.05) is 0 Å². The van der Waals surface area contributed by atoms with Crippen LogP contribution in [-0.2, 0) is 4.79 Å². The summed E-state index contributed by atoms with van der Waals surface area (Å²) in [5.74, 6) is 1.26. The van der Waals surface area contributed by atoms with E-state index in [9.17, 15) is 4.79 Å². The van der Waals surface area contributed by atoms with Crippen molar-refractivity contribution in [1.29, 1.82) is 0 Å². The molecular weight excluding hydrogens is 174 g/mol. The van der Waals surface area contributed by atoms with Crippen molar-refractivity contribution in [2.75, 3.05) is 12.4 Å². The first kappa shape index (κ1) is 10.0. The summed E-state index contributed by atoms with van der Waals surface area (Å²) in [7, 11) is 0. The normalized spacial score (nSPS) is 30.2. The first-order chi connectivity index (χ1) is 5.77. The highest BCUT2D eigenvalue weighted by molar-refractivity contribution is 6.27. The molecule has 0 heterocycles. The van der Waals surface area contributed by atoms with Crippen molar-refractivity contribution >= 4 is 17.4 Å². The fourth-order valence-electron chi connectivity index (χ4n) is 1.83. The van der Waals surface area contributed by atoms with Crippen molar-refractivity contribution < 1.29 is 4.79 Å². The summed E-state index contributed by atoms with van der Waals surface area (Å²) in [5, 5.41) is 0. The smallest absolute Gasteiger partial charge is 0.150 e. The van der Waals surface area contributed by atoms with Crippen LogP contribution in [0.1, 0.15) is 25.7 Å². The molecule has 0 aromatic heterocycles. The van der Waals surface area contributed by atoms with Gasteiger partial charge in [-0.2, -0.15) is 0 Å². The lowest BCUT2D eigenvalue weighted by molar-refractivity contribution is -0.121. The summed E-state index contributed by atoms with van der Waals surface area (Å²) >= 11 is 5.48. The molecule has 3 heteroatoms. The molecule has 0 unspecified atom stereocenters. The topological polar surface area (TPSA) is 43.1 Å². The molecule has 12 heavy (non-hydrogen) atoms. The van der Waals surface area contributed by atoms with E-state index >= 15 is 0 Å². The molecule has 0 bridgehead atoms. The molecule has 0 aromatic carbocycles. The van der Waals surface area contributed by atoms with Crippen LogP contribution in [0.5, 0.6) is 0 Å². The lowest BCUT2D eigenvalue weighted by Crippen LogP contribution is -2.26. The first-order valence-electron chi connectivity index (χ1n) is 4.56. The number of nitrogens with two attached hydrogens (primary N) is 1. The fraction of sp³-hybridized carbons (Fsp3) is 0.889. The lowest BCUT2D eigenvalue weighted by Gasteiger charge is -2.25. The highest BCUT2D eigenvalue weighted by Gasteiger charge is 2.24. The monoisotopic (exact) mass is 189 g/mol. The Morgan fingerprint density at radius 2 is 1.92 bits per heavy atom. The van der Waals surface area contributed by atoms with Crippen LogP contribution in [-0.4, -0.2) is 18.2 Å². The molecule has 2 N–H and O–H groups in total. The standard InChI is InChI=1S/C9H16ClNO/c10-5-9(12)8-3-1-7(6-11)2-4-8/h7-8H,1-6,11H2. The molecule has 0 aromatic rings. The third kappa shape index (κ3) is 2.46. The van der Waals surface area contributed by atoms with Gasteiger partial charge in [0.1, 0.15) is 0 Å². The molecule has 0 saturated heterocycles. The Labute approximate surface area is 78.5 Å². The van der Waals surface area contributed by atoms with E-state index < -0.39 is 0 Å². The summed E-state index contributed by atoms with van der Waals surface area (Å²) in [6.45, 7) is 0.766. The van der Waals surface area contributed by atoms with Gasteiger partial charge in [0.2, 0.25) is 0 Å². The van der Waals surface area contributed by atoms with Crippen LogP contribution in [0.15, 0.2) is 0 Å². The number of ketones is 1. The second-order valence-electron chi connectivity index (χ2n) is 3.55. The van der Waals surface area contributed by atoms with Crippen molar-refractivity contribution in [2.45, 2.75) is 25.7 Å². The zero-order chi connectivity index (χ0) is 8.97. The minimum Gasteiger partial charge on any atom is -0.330 e. The molecule has 1 rings (SSSR count). The van der Waals surface area contributed by atoms with Crippen LogP contribution >= 0.6 is 11.6 Å². The van der Waals surface area contributed by atoms with Gasteiger partial charge in [0, 0.05) is 5.92 Å².